The van der Waals surface area contributed by atoms with Crippen molar-refractivity contribution in [2.45, 2.75) is 5.88 Å². The van der Waals surface area contributed by atoms with Gasteiger partial charge in [0.25, 0.3) is 0 Å². The molecule has 0 radical (unpaired) electrons. The molecule has 68 valence electrons. The first kappa shape index (κ1) is 9.55. The van der Waals surface area contributed by atoms with Crippen LogP contribution in [0.3, 0.4) is 0 Å². The van der Waals surface area contributed by atoms with Crippen LogP contribution in [0.4, 0.5) is 0 Å². The van der Waals surface area contributed by atoms with Gasteiger partial charge >= 0.3 is 0 Å². The summed E-state index contributed by atoms with van der Waals surface area (Å²) < 4.78 is 2.08. The fourth-order valence-electron chi connectivity index (χ4n) is 1.18. The van der Waals surface area contributed by atoms with Gasteiger partial charge in [-0.1, -0.05) is 0 Å². The van der Waals surface area contributed by atoms with Gasteiger partial charge in [-0.05, 0) is 40.8 Å². The maximum absolute atomic E-state index is 9.46. The minimum atomic E-state index is 0.340. The first-order chi connectivity index (χ1) is 6.22. The van der Waals surface area contributed by atoms with Gasteiger partial charge in [-0.2, -0.15) is 0 Å². The van der Waals surface area contributed by atoms with Gasteiger partial charge < -0.3 is 5.11 Å². The van der Waals surface area contributed by atoms with Crippen LogP contribution in [0.15, 0.2) is 18.2 Å². The van der Waals surface area contributed by atoms with Crippen molar-refractivity contribution in [2.75, 3.05) is 0 Å². The number of halogens is 2. The molecule has 0 saturated heterocycles. The van der Waals surface area contributed by atoms with E-state index in [1.165, 1.54) is 4.70 Å². The number of thiophene rings is 1. The minimum Gasteiger partial charge on any atom is -0.507 e. The Balaban J connectivity index is 2.76. The van der Waals surface area contributed by atoms with E-state index >= 15 is 0 Å². The van der Waals surface area contributed by atoms with E-state index in [0.717, 1.165) is 13.8 Å². The second-order valence-electron chi connectivity index (χ2n) is 2.66. The van der Waals surface area contributed by atoms with Crippen LogP contribution < -0.4 is 0 Å². The van der Waals surface area contributed by atoms with Crippen LogP contribution >= 0.6 is 45.5 Å². The fourth-order valence-corrected chi connectivity index (χ4v) is 3.16. The summed E-state index contributed by atoms with van der Waals surface area (Å²) in [6.45, 7) is 0. The number of hydrogen-bond donors (Lipinski definition) is 1. The number of fused-ring (bicyclic) bond motifs is 1. The molecule has 2 aromatic rings. The zero-order chi connectivity index (χ0) is 9.42. The predicted octanol–water partition coefficient (Wildman–Crippen LogP) is 3.95. The first-order valence-corrected chi connectivity index (χ1v) is 6.11. The first-order valence-electron chi connectivity index (χ1n) is 3.68. The number of aromatic hydroxyl groups is 1. The van der Waals surface area contributed by atoms with E-state index in [0.29, 0.717) is 11.6 Å². The molecule has 1 N–H and O–H groups in total. The molecule has 0 unspecified atom stereocenters. The van der Waals surface area contributed by atoms with Gasteiger partial charge in [-0.3, -0.25) is 0 Å². The summed E-state index contributed by atoms with van der Waals surface area (Å²) in [4.78, 5) is 1.14. The highest BCUT2D eigenvalue weighted by Crippen LogP contribution is 2.34. The summed E-state index contributed by atoms with van der Waals surface area (Å²) >= 11 is 9.55. The number of phenols is 1. The number of rotatable bonds is 1. The highest BCUT2D eigenvalue weighted by atomic mass is 127. The van der Waals surface area contributed by atoms with Crippen molar-refractivity contribution in [1.82, 2.24) is 0 Å². The van der Waals surface area contributed by atoms with Crippen molar-refractivity contribution >= 4 is 55.6 Å². The molecule has 0 aliphatic heterocycles. The van der Waals surface area contributed by atoms with Crippen LogP contribution in [-0.2, 0) is 5.88 Å². The SMILES string of the molecule is Oc1ccc2sc(CCl)cc2c1I. The lowest BCUT2D eigenvalue weighted by atomic mass is 10.2. The van der Waals surface area contributed by atoms with E-state index in [1.807, 2.05) is 12.1 Å². The third-order valence-electron chi connectivity index (χ3n) is 1.80. The zero-order valence-electron chi connectivity index (χ0n) is 6.55. The molecule has 0 saturated carbocycles. The standard InChI is InChI=1S/C9H6ClIOS/c10-4-5-3-6-8(13-5)2-1-7(12)9(6)11/h1-3,12H,4H2. The number of alkyl halides is 1. The topological polar surface area (TPSA) is 20.2 Å². The van der Waals surface area contributed by atoms with Gasteiger partial charge in [-0.25, -0.2) is 0 Å². The molecule has 0 aliphatic carbocycles. The molecule has 1 heterocycles. The summed E-state index contributed by atoms with van der Waals surface area (Å²) in [5.74, 6) is 0.878. The summed E-state index contributed by atoms with van der Waals surface area (Å²) in [6, 6.07) is 5.68. The molecule has 2 rings (SSSR count). The molecule has 4 heteroatoms. The third kappa shape index (κ3) is 1.65. The average Bonchev–Trinajstić information content (AvgIpc) is 2.55. The van der Waals surface area contributed by atoms with E-state index in [-0.39, 0.29) is 0 Å². The molecule has 0 aliphatic rings. The number of phenolic OH excluding ortho intramolecular Hbond substituents is 1. The Hall–Kier alpha value is -0.000000000000000111. The lowest BCUT2D eigenvalue weighted by Crippen LogP contribution is -1.73. The Morgan fingerprint density at radius 1 is 1.46 bits per heavy atom. The van der Waals surface area contributed by atoms with Gasteiger partial charge in [0, 0.05) is 15.0 Å². The van der Waals surface area contributed by atoms with E-state index in [4.69, 9.17) is 11.6 Å². The van der Waals surface area contributed by atoms with Gasteiger partial charge in [0.15, 0.2) is 0 Å². The Labute approximate surface area is 98.5 Å². The summed E-state index contributed by atoms with van der Waals surface area (Å²) in [5, 5.41) is 10.6. The molecule has 1 aromatic carbocycles. The quantitative estimate of drug-likeness (QED) is 0.622. The maximum Gasteiger partial charge on any atom is 0.129 e. The van der Waals surface area contributed by atoms with Gasteiger partial charge in [-0.15, -0.1) is 22.9 Å². The largest absolute Gasteiger partial charge is 0.507 e. The molecular weight excluding hydrogens is 319 g/mol. The van der Waals surface area contributed by atoms with Crippen molar-refractivity contribution < 1.29 is 5.11 Å². The van der Waals surface area contributed by atoms with Crippen molar-refractivity contribution in [3.05, 3.63) is 26.6 Å². The predicted molar refractivity (Wildman–Crippen MR) is 65.8 cm³/mol. The lowest BCUT2D eigenvalue weighted by Gasteiger charge is -1.96. The molecule has 0 fully saturated rings. The highest BCUT2D eigenvalue weighted by Gasteiger charge is 2.07. The highest BCUT2D eigenvalue weighted by molar-refractivity contribution is 14.1. The van der Waals surface area contributed by atoms with E-state index in [2.05, 4.69) is 22.6 Å². The molecule has 1 aromatic heterocycles. The average molecular weight is 325 g/mol. The van der Waals surface area contributed by atoms with E-state index < -0.39 is 0 Å². The van der Waals surface area contributed by atoms with Crippen LogP contribution in [0, 0.1) is 3.57 Å². The Kier molecular flexibility index (Phi) is 2.67. The Morgan fingerprint density at radius 2 is 2.23 bits per heavy atom. The molecular formula is C9H6ClIOS. The maximum atomic E-state index is 9.46. The van der Waals surface area contributed by atoms with Crippen LogP contribution in [0.1, 0.15) is 4.88 Å². The number of hydrogen-bond acceptors (Lipinski definition) is 2. The molecule has 0 atom stereocenters. The molecule has 0 amide bonds. The summed E-state index contributed by atoms with van der Waals surface area (Å²) in [6.07, 6.45) is 0. The van der Waals surface area contributed by atoms with Gasteiger partial charge in [0.1, 0.15) is 5.75 Å². The summed E-state index contributed by atoms with van der Waals surface area (Å²) in [7, 11) is 0. The Bertz CT molecular complexity index is 452. The molecule has 0 spiro atoms. The Morgan fingerprint density at radius 3 is 2.92 bits per heavy atom. The number of benzene rings is 1. The van der Waals surface area contributed by atoms with E-state index in [9.17, 15) is 5.11 Å². The molecule has 1 nitrogen and oxygen atoms in total. The van der Waals surface area contributed by atoms with Crippen molar-refractivity contribution in [2.24, 2.45) is 0 Å². The van der Waals surface area contributed by atoms with Crippen LogP contribution in [0.2, 0.25) is 0 Å². The van der Waals surface area contributed by atoms with Crippen molar-refractivity contribution in [3.8, 4) is 5.75 Å². The van der Waals surface area contributed by atoms with Crippen LogP contribution in [0.25, 0.3) is 10.1 Å². The molecule has 13 heavy (non-hydrogen) atoms. The molecule has 0 bridgehead atoms. The van der Waals surface area contributed by atoms with Crippen molar-refractivity contribution in [1.29, 1.82) is 0 Å². The monoisotopic (exact) mass is 324 g/mol. The van der Waals surface area contributed by atoms with Crippen LogP contribution in [-0.4, -0.2) is 5.11 Å². The van der Waals surface area contributed by atoms with Gasteiger partial charge in [0.2, 0.25) is 0 Å². The summed E-state index contributed by atoms with van der Waals surface area (Å²) in [5.41, 5.74) is 0. The van der Waals surface area contributed by atoms with Crippen LogP contribution in [0.5, 0.6) is 5.75 Å². The normalized spacial score (nSPS) is 10.9. The fraction of sp³-hybridized carbons (Fsp3) is 0.111. The minimum absolute atomic E-state index is 0.340. The smallest absolute Gasteiger partial charge is 0.129 e. The third-order valence-corrected chi connectivity index (χ3v) is 4.48. The van der Waals surface area contributed by atoms with Gasteiger partial charge in [0.05, 0.1) is 9.45 Å². The zero-order valence-corrected chi connectivity index (χ0v) is 10.3. The second kappa shape index (κ2) is 3.63. The second-order valence-corrected chi connectivity index (χ2v) is 5.17. The van der Waals surface area contributed by atoms with Crippen molar-refractivity contribution in [3.63, 3.8) is 0 Å². The van der Waals surface area contributed by atoms with E-state index in [1.54, 1.807) is 17.4 Å². The lowest BCUT2D eigenvalue weighted by molar-refractivity contribution is 0.472.